The van der Waals surface area contributed by atoms with E-state index >= 15 is 0 Å². The van der Waals surface area contributed by atoms with Gasteiger partial charge in [0.15, 0.2) is 11.6 Å². The Morgan fingerprint density at radius 3 is 2.43 bits per heavy atom. The van der Waals surface area contributed by atoms with Crippen LogP contribution in [-0.2, 0) is 17.8 Å². The third-order valence-corrected chi connectivity index (χ3v) is 6.04. The first-order chi connectivity index (χ1) is 16.3. The Bertz CT molecular complexity index is 1250. The second kappa shape index (κ2) is 10.2. The fourth-order valence-electron chi connectivity index (χ4n) is 3.37. The summed E-state index contributed by atoms with van der Waals surface area (Å²) < 4.78 is 39.6. The van der Waals surface area contributed by atoms with Gasteiger partial charge in [0.05, 0.1) is 5.02 Å². The molecule has 2 N–H and O–H groups in total. The van der Waals surface area contributed by atoms with Crippen LogP contribution >= 0.6 is 11.6 Å². The van der Waals surface area contributed by atoms with Crippen LogP contribution in [0, 0.1) is 12.3 Å². The van der Waals surface area contributed by atoms with E-state index in [1.165, 1.54) is 0 Å². The van der Waals surface area contributed by atoms with Gasteiger partial charge in [-0.1, -0.05) is 43.1 Å². The monoisotopic (exact) mass is 506 g/mol. The highest BCUT2D eigenvalue weighted by atomic mass is 35.5. The molecule has 0 unspecified atom stereocenters. The van der Waals surface area contributed by atoms with Crippen molar-refractivity contribution < 1.29 is 23.1 Å². The van der Waals surface area contributed by atoms with Gasteiger partial charge in [-0.05, 0) is 62.1 Å². The van der Waals surface area contributed by atoms with Crippen LogP contribution in [0.1, 0.15) is 43.9 Å². The summed E-state index contributed by atoms with van der Waals surface area (Å²) in [7, 11) is 0. The summed E-state index contributed by atoms with van der Waals surface area (Å²) in [4.78, 5) is 24.7. The molecule has 0 bridgehead atoms. The summed E-state index contributed by atoms with van der Waals surface area (Å²) in [5.74, 6) is -0.793. The van der Waals surface area contributed by atoms with E-state index in [1.807, 2.05) is 24.3 Å². The van der Waals surface area contributed by atoms with Crippen LogP contribution in [0.5, 0.6) is 6.01 Å². The predicted molar refractivity (Wildman–Crippen MR) is 128 cm³/mol. The Labute approximate surface area is 206 Å². The molecule has 0 radical (unpaired) electrons. The van der Waals surface area contributed by atoms with Crippen LogP contribution in [0.15, 0.2) is 36.4 Å². The van der Waals surface area contributed by atoms with Gasteiger partial charge in [-0.15, -0.1) is 0 Å². The van der Waals surface area contributed by atoms with Crippen molar-refractivity contribution in [3.8, 4) is 28.8 Å². The number of carbonyl (C=O) groups is 1. The van der Waals surface area contributed by atoms with Crippen LogP contribution in [0.3, 0.4) is 0 Å². The number of halogens is 4. The average molecular weight is 507 g/mol. The van der Waals surface area contributed by atoms with Gasteiger partial charge in [0.1, 0.15) is 5.41 Å². The Morgan fingerprint density at radius 2 is 1.77 bits per heavy atom. The SMILES string of the molecule is CCCc1cccc(-c2nc(O)nc(-c3cc(CNC(=O)C(C)(C)C(F)(F)F)c(C)cc3Cl)n2)c1. The standard InChI is InChI=1S/C25H26ClF3N4O2/c1-5-7-15-8-6-9-16(11-15)20-31-21(33-23(35)32-20)18-12-17(14(2)10-19(18)26)13-30-22(34)24(3,4)25(27,28)29/h6,8-12H,5,7,13H2,1-4H3,(H,30,34)(H,31,32,33,35). The Kier molecular flexibility index (Phi) is 7.69. The molecule has 0 aliphatic heterocycles. The predicted octanol–water partition coefficient (Wildman–Crippen LogP) is 6.03. The normalized spacial score (nSPS) is 12.0. The van der Waals surface area contributed by atoms with Gasteiger partial charge in [0, 0.05) is 17.7 Å². The zero-order valence-electron chi connectivity index (χ0n) is 19.8. The minimum atomic E-state index is -4.69. The molecule has 2 aromatic carbocycles. The molecule has 0 aliphatic rings. The quantitative estimate of drug-likeness (QED) is 0.408. The maximum atomic E-state index is 13.2. The van der Waals surface area contributed by atoms with Gasteiger partial charge in [-0.25, -0.2) is 4.98 Å². The molecule has 0 spiro atoms. The molecule has 35 heavy (non-hydrogen) atoms. The van der Waals surface area contributed by atoms with Gasteiger partial charge < -0.3 is 10.4 Å². The zero-order valence-corrected chi connectivity index (χ0v) is 20.6. The summed E-state index contributed by atoms with van der Waals surface area (Å²) >= 11 is 6.43. The van der Waals surface area contributed by atoms with Crippen molar-refractivity contribution in [3.63, 3.8) is 0 Å². The van der Waals surface area contributed by atoms with Crippen molar-refractivity contribution in [1.29, 1.82) is 0 Å². The van der Waals surface area contributed by atoms with Crippen LogP contribution in [0.2, 0.25) is 5.02 Å². The number of carbonyl (C=O) groups excluding carboxylic acids is 1. The van der Waals surface area contributed by atoms with Gasteiger partial charge in [0.25, 0.3) is 0 Å². The minimum Gasteiger partial charge on any atom is -0.479 e. The lowest BCUT2D eigenvalue weighted by Gasteiger charge is -2.26. The third kappa shape index (κ3) is 5.90. The second-order valence-electron chi connectivity index (χ2n) is 8.80. The number of aryl methyl sites for hydroxylation is 2. The van der Waals surface area contributed by atoms with Gasteiger partial charge >= 0.3 is 12.2 Å². The Balaban J connectivity index is 1.95. The largest absolute Gasteiger partial charge is 0.479 e. The van der Waals surface area contributed by atoms with E-state index in [0.29, 0.717) is 22.3 Å². The lowest BCUT2D eigenvalue weighted by Crippen LogP contribution is -2.46. The van der Waals surface area contributed by atoms with Crippen LogP contribution in [0.25, 0.3) is 22.8 Å². The van der Waals surface area contributed by atoms with Crippen LogP contribution in [0.4, 0.5) is 13.2 Å². The van der Waals surface area contributed by atoms with Crippen molar-refractivity contribution in [2.45, 2.75) is 53.3 Å². The number of nitrogens with one attached hydrogen (secondary N) is 1. The highest BCUT2D eigenvalue weighted by molar-refractivity contribution is 6.33. The van der Waals surface area contributed by atoms with Crippen molar-refractivity contribution >= 4 is 17.5 Å². The molecule has 0 fully saturated rings. The number of aromatic hydroxyl groups is 1. The maximum absolute atomic E-state index is 13.2. The van der Waals surface area contributed by atoms with E-state index in [-0.39, 0.29) is 23.2 Å². The number of nitrogens with zero attached hydrogens (tertiary/aromatic N) is 3. The molecule has 1 amide bonds. The smallest absolute Gasteiger partial charge is 0.402 e. The third-order valence-electron chi connectivity index (χ3n) is 5.73. The fourth-order valence-corrected chi connectivity index (χ4v) is 3.68. The second-order valence-corrected chi connectivity index (χ2v) is 9.20. The van der Waals surface area contributed by atoms with E-state index in [9.17, 15) is 23.1 Å². The molecule has 0 aliphatic carbocycles. The minimum absolute atomic E-state index is 0.0987. The van der Waals surface area contributed by atoms with Gasteiger partial charge in [-0.3, -0.25) is 4.79 Å². The molecule has 1 aromatic heterocycles. The molecule has 186 valence electrons. The lowest BCUT2D eigenvalue weighted by molar-refractivity contribution is -0.211. The number of alkyl halides is 3. The molecule has 0 atom stereocenters. The molecule has 10 heteroatoms. The summed E-state index contributed by atoms with van der Waals surface area (Å²) in [6.07, 6.45) is -2.85. The van der Waals surface area contributed by atoms with Crippen molar-refractivity contribution in [3.05, 3.63) is 58.1 Å². The number of hydrogen-bond acceptors (Lipinski definition) is 5. The van der Waals surface area contributed by atoms with E-state index in [0.717, 1.165) is 32.3 Å². The molecule has 0 saturated heterocycles. The van der Waals surface area contributed by atoms with Crippen molar-refractivity contribution in [2.75, 3.05) is 0 Å². The first-order valence-corrected chi connectivity index (χ1v) is 11.4. The molecule has 0 saturated carbocycles. The summed E-state index contributed by atoms with van der Waals surface area (Å²) in [5, 5.41) is 12.8. The van der Waals surface area contributed by atoms with E-state index < -0.39 is 23.5 Å². The topological polar surface area (TPSA) is 88.0 Å². The molecule has 3 rings (SSSR count). The van der Waals surface area contributed by atoms with Crippen LogP contribution < -0.4 is 5.32 Å². The first kappa shape index (κ1) is 26.4. The number of hydrogen-bond donors (Lipinski definition) is 2. The average Bonchev–Trinajstić information content (AvgIpc) is 2.77. The summed E-state index contributed by atoms with van der Waals surface area (Å²) in [6, 6.07) is 10.3. The van der Waals surface area contributed by atoms with Crippen LogP contribution in [-0.4, -0.2) is 32.1 Å². The van der Waals surface area contributed by atoms with E-state index in [2.05, 4.69) is 27.2 Å². The van der Waals surface area contributed by atoms with Crippen molar-refractivity contribution in [1.82, 2.24) is 20.3 Å². The summed E-state index contributed by atoms with van der Waals surface area (Å²) in [6.45, 7) is 5.29. The molecule has 1 heterocycles. The molecular formula is C25H26ClF3N4O2. The van der Waals surface area contributed by atoms with E-state index in [1.54, 1.807) is 19.1 Å². The highest BCUT2D eigenvalue weighted by Gasteiger charge is 2.52. The number of aromatic nitrogens is 3. The number of amides is 1. The molecule has 6 nitrogen and oxygen atoms in total. The van der Waals surface area contributed by atoms with E-state index in [4.69, 9.17) is 11.6 Å². The van der Waals surface area contributed by atoms with Gasteiger partial charge in [-0.2, -0.15) is 23.1 Å². The zero-order chi connectivity index (χ0) is 26.0. The number of rotatable bonds is 7. The Morgan fingerprint density at radius 1 is 1.09 bits per heavy atom. The maximum Gasteiger partial charge on any atom is 0.402 e. The Hall–Kier alpha value is -3.20. The molecule has 3 aromatic rings. The first-order valence-electron chi connectivity index (χ1n) is 11.0. The number of benzene rings is 2. The van der Waals surface area contributed by atoms with Gasteiger partial charge in [0.2, 0.25) is 5.91 Å². The fraction of sp³-hybridized carbons (Fsp3) is 0.360. The van der Waals surface area contributed by atoms with Crippen molar-refractivity contribution in [2.24, 2.45) is 5.41 Å². The highest BCUT2D eigenvalue weighted by Crippen LogP contribution is 2.38. The molecular weight excluding hydrogens is 481 g/mol. The summed E-state index contributed by atoms with van der Waals surface area (Å²) in [5.41, 5.74) is 0.786. The lowest BCUT2D eigenvalue weighted by atomic mass is 9.91.